The summed E-state index contributed by atoms with van der Waals surface area (Å²) in [5, 5.41) is 1.53. The Hall–Kier alpha value is -3.06. The van der Waals surface area contributed by atoms with Crippen molar-refractivity contribution in [3.8, 4) is 5.75 Å². The van der Waals surface area contributed by atoms with Gasteiger partial charge in [0.2, 0.25) is 5.91 Å². The van der Waals surface area contributed by atoms with Crippen LogP contribution in [0.15, 0.2) is 65.6 Å². The molecule has 150 valence electrons. The first kappa shape index (κ1) is 19.3. The number of benzene rings is 3. The second kappa shape index (κ2) is 7.40. The number of sulfonamides is 1. The van der Waals surface area contributed by atoms with Crippen LogP contribution in [0, 0.1) is 0 Å². The van der Waals surface area contributed by atoms with Crippen LogP contribution in [0.3, 0.4) is 0 Å². The number of nitrogens with zero attached hydrogens (tertiary/aromatic N) is 2. The highest BCUT2D eigenvalue weighted by atomic mass is 32.2. The molecule has 7 heteroatoms. The van der Waals surface area contributed by atoms with Crippen LogP contribution in [-0.2, 0) is 21.4 Å². The Bertz CT molecular complexity index is 1170. The number of rotatable bonds is 6. The van der Waals surface area contributed by atoms with Crippen molar-refractivity contribution in [2.45, 2.75) is 18.4 Å². The predicted octanol–water partition coefficient (Wildman–Crippen LogP) is 3.41. The van der Waals surface area contributed by atoms with Gasteiger partial charge in [-0.05, 0) is 42.1 Å². The number of ether oxygens (including phenoxy) is 1. The molecule has 1 amide bonds. The minimum Gasteiger partial charge on any atom is -0.494 e. The van der Waals surface area contributed by atoms with E-state index >= 15 is 0 Å². The molecule has 6 nitrogen and oxygen atoms in total. The molecule has 0 N–H and O–H groups in total. The van der Waals surface area contributed by atoms with Gasteiger partial charge in [0.15, 0.2) is 0 Å². The van der Waals surface area contributed by atoms with Crippen molar-refractivity contribution in [1.82, 2.24) is 4.90 Å². The third kappa shape index (κ3) is 3.42. The highest BCUT2D eigenvalue weighted by molar-refractivity contribution is 7.93. The van der Waals surface area contributed by atoms with Crippen molar-refractivity contribution >= 4 is 32.4 Å². The summed E-state index contributed by atoms with van der Waals surface area (Å²) in [5.41, 5.74) is 1.50. The van der Waals surface area contributed by atoms with Crippen molar-refractivity contribution in [3.05, 3.63) is 66.2 Å². The lowest BCUT2D eigenvalue weighted by Gasteiger charge is -2.23. The lowest BCUT2D eigenvalue weighted by molar-refractivity contribution is -0.128. The molecule has 1 aliphatic heterocycles. The predicted molar refractivity (Wildman–Crippen MR) is 113 cm³/mol. The van der Waals surface area contributed by atoms with Gasteiger partial charge in [-0.2, -0.15) is 0 Å². The molecule has 0 radical (unpaired) electrons. The number of anilines is 1. The zero-order valence-electron chi connectivity index (χ0n) is 16.3. The maximum atomic E-state index is 13.0. The summed E-state index contributed by atoms with van der Waals surface area (Å²) >= 11 is 0. The third-order valence-electron chi connectivity index (χ3n) is 5.04. The van der Waals surface area contributed by atoms with Gasteiger partial charge in [0, 0.05) is 19.0 Å². The Labute approximate surface area is 170 Å². The van der Waals surface area contributed by atoms with E-state index in [2.05, 4.69) is 0 Å². The second-order valence-corrected chi connectivity index (χ2v) is 8.80. The molecule has 0 atom stereocenters. The normalized spacial score (nSPS) is 14.2. The fourth-order valence-electron chi connectivity index (χ4n) is 3.59. The summed E-state index contributed by atoms with van der Waals surface area (Å²) in [6.45, 7) is 2.67. The third-order valence-corrected chi connectivity index (χ3v) is 6.84. The van der Waals surface area contributed by atoms with Crippen LogP contribution in [0.25, 0.3) is 10.8 Å². The molecule has 1 heterocycles. The lowest BCUT2D eigenvalue weighted by Crippen LogP contribution is -2.39. The van der Waals surface area contributed by atoms with Gasteiger partial charge in [0.25, 0.3) is 10.0 Å². The molecule has 4 rings (SSSR count). The van der Waals surface area contributed by atoms with E-state index in [1.165, 1.54) is 9.21 Å². The Balaban J connectivity index is 1.53. The summed E-state index contributed by atoms with van der Waals surface area (Å²) in [6, 6.07) is 18.1. The van der Waals surface area contributed by atoms with E-state index in [0.717, 1.165) is 16.7 Å². The lowest BCUT2D eigenvalue weighted by atomic mass is 10.1. The van der Waals surface area contributed by atoms with Crippen molar-refractivity contribution < 1.29 is 17.9 Å². The van der Waals surface area contributed by atoms with Gasteiger partial charge in [-0.1, -0.05) is 36.4 Å². The van der Waals surface area contributed by atoms with Crippen LogP contribution < -0.4 is 9.04 Å². The monoisotopic (exact) mass is 410 g/mol. The SMILES string of the molecule is CCOc1ccc(CN(C)C(=O)CN2c3cccc4cccc(c34)S2(=O)=O)cc1. The molecule has 0 spiro atoms. The molecule has 0 unspecified atom stereocenters. The zero-order chi connectivity index (χ0) is 20.6. The molecule has 0 aromatic heterocycles. The molecule has 0 saturated carbocycles. The van der Waals surface area contributed by atoms with Crippen LogP contribution in [0.5, 0.6) is 5.75 Å². The van der Waals surface area contributed by atoms with E-state index in [1.807, 2.05) is 49.4 Å². The van der Waals surface area contributed by atoms with Gasteiger partial charge in [-0.3, -0.25) is 9.10 Å². The van der Waals surface area contributed by atoms with E-state index in [9.17, 15) is 13.2 Å². The number of carbonyl (C=O) groups excluding carboxylic acids is 1. The summed E-state index contributed by atoms with van der Waals surface area (Å²) in [7, 11) is -2.07. The van der Waals surface area contributed by atoms with Crippen LogP contribution >= 0.6 is 0 Å². The highest BCUT2D eigenvalue weighted by Gasteiger charge is 2.37. The van der Waals surface area contributed by atoms with Crippen LogP contribution in [0.1, 0.15) is 12.5 Å². The smallest absolute Gasteiger partial charge is 0.265 e. The Morgan fingerprint density at radius 3 is 2.41 bits per heavy atom. The van der Waals surface area contributed by atoms with Crippen LogP contribution in [-0.4, -0.2) is 39.4 Å². The van der Waals surface area contributed by atoms with Gasteiger partial charge in [0.05, 0.1) is 17.2 Å². The quantitative estimate of drug-likeness (QED) is 0.625. The first-order valence-corrected chi connectivity index (χ1v) is 10.9. The number of amides is 1. The fourth-order valence-corrected chi connectivity index (χ4v) is 5.25. The van der Waals surface area contributed by atoms with Gasteiger partial charge in [-0.25, -0.2) is 8.42 Å². The largest absolute Gasteiger partial charge is 0.494 e. The first-order chi connectivity index (χ1) is 13.9. The minimum absolute atomic E-state index is 0.232. The van der Waals surface area contributed by atoms with E-state index < -0.39 is 10.0 Å². The maximum absolute atomic E-state index is 13.0. The van der Waals surface area contributed by atoms with Crippen molar-refractivity contribution in [2.24, 2.45) is 0 Å². The molecular weight excluding hydrogens is 388 g/mol. The van der Waals surface area contributed by atoms with Crippen LogP contribution in [0.4, 0.5) is 5.69 Å². The van der Waals surface area contributed by atoms with Gasteiger partial charge < -0.3 is 9.64 Å². The second-order valence-electron chi connectivity index (χ2n) is 6.97. The number of hydrogen-bond acceptors (Lipinski definition) is 4. The number of likely N-dealkylation sites (N-methyl/N-ethyl adjacent to an activating group) is 1. The Morgan fingerprint density at radius 2 is 1.72 bits per heavy atom. The Kier molecular flexibility index (Phi) is 4.92. The first-order valence-electron chi connectivity index (χ1n) is 9.42. The molecule has 3 aromatic carbocycles. The van der Waals surface area contributed by atoms with E-state index in [0.29, 0.717) is 24.2 Å². The summed E-state index contributed by atoms with van der Waals surface area (Å²) < 4.78 is 32.7. The standard InChI is InChI=1S/C22H22N2O4S/c1-3-28-18-12-10-16(11-13-18)14-23(2)21(25)15-24-19-8-4-6-17-7-5-9-20(22(17)19)29(24,26)27/h4-13H,3,14-15H2,1-2H3. The summed E-state index contributed by atoms with van der Waals surface area (Å²) in [5.74, 6) is 0.506. The zero-order valence-corrected chi connectivity index (χ0v) is 17.1. The van der Waals surface area contributed by atoms with E-state index in [-0.39, 0.29) is 17.3 Å². The van der Waals surface area contributed by atoms with E-state index in [1.54, 1.807) is 25.2 Å². The molecule has 0 fully saturated rings. The molecule has 0 saturated heterocycles. The summed E-state index contributed by atoms with van der Waals surface area (Å²) in [4.78, 5) is 14.6. The average Bonchev–Trinajstić information content (AvgIpc) is 2.93. The van der Waals surface area contributed by atoms with Gasteiger partial charge >= 0.3 is 0 Å². The number of hydrogen-bond donors (Lipinski definition) is 0. The molecule has 3 aromatic rings. The number of carbonyl (C=O) groups is 1. The minimum atomic E-state index is -3.74. The molecule has 1 aliphatic rings. The molecule has 29 heavy (non-hydrogen) atoms. The summed E-state index contributed by atoms with van der Waals surface area (Å²) in [6.07, 6.45) is 0. The van der Waals surface area contributed by atoms with Crippen molar-refractivity contribution in [3.63, 3.8) is 0 Å². The molecule has 0 aliphatic carbocycles. The highest BCUT2D eigenvalue weighted by Crippen LogP contribution is 2.41. The van der Waals surface area contributed by atoms with E-state index in [4.69, 9.17) is 4.74 Å². The Morgan fingerprint density at radius 1 is 1.03 bits per heavy atom. The van der Waals surface area contributed by atoms with Crippen molar-refractivity contribution in [2.75, 3.05) is 24.5 Å². The maximum Gasteiger partial charge on any atom is 0.265 e. The van der Waals surface area contributed by atoms with Crippen molar-refractivity contribution in [1.29, 1.82) is 0 Å². The molecule has 0 bridgehead atoms. The van der Waals surface area contributed by atoms with Gasteiger partial charge in [-0.15, -0.1) is 0 Å². The van der Waals surface area contributed by atoms with Gasteiger partial charge in [0.1, 0.15) is 12.3 Å². The average molecular weight is 410 g/mol. The fraction of sp³-hybridized carbons (Fsp3) is 0.227. The molecular formula is C22H22N2O4S. The topological polar surface area (TPSA) is 66.9 Å². The van der Waals surface area contributed by atoms with Crippen LogP contribution in [0.2, 0.25) is 0 Å².